The Morgan fingerprint density at radius 1 is 1.07 bits per heavy atom. The van der Waals surface area contributed by atoms with Gasteiger partial charge in [0.25, 0.3) is 0 Å². The van der Waals surface area contributed by atoms with E-state index in [2.05, 4.69) is 9.80 Å². The van der Waals surface area contributed by atoms with E-state index in [1.54, 1.807) is 6.07 Å². The molecule has 2 nitrogen and oxygen atoms in total. The summed E-state index contributed by atoms with van der Waals surface area (Å²) in [5, 5.41) is 1.32. The molecule has 0 saturated carbocycles. The summed E-state index contributed by atoms with van der Waals surface area (Å²) < 4.78 is 0. The van der Waals surface area contributed by atoms with Gasteiger partial charge in [0.15, 0.2) is 0 Å². The van der Waals surface area contributed by atoms with Crippen LogP contribution in [0.5, 0.6) is 0 Å². The van der Waals surface area contributed by atoms with Crippen LogP contribution in [0.4, 0.5) is 5.69 Å². The average Bonchev–Trinajstić information content (AvgIpc) is 2.50. The lowest BCUT2D eigenvalue weighted by Crippen LogP contribution is -2.21. The van der Waals surface area contributed by atoms with Gasteiger partial charge < -0.3 is 9.80 Å². The third-order valence-electron chi connectivity index (χ3n) is 2.06. The minimum Gasteiger partial charge on any atom is -0.361 e. The first-order valence-corrected chi connectivity index (χ1v) is 5.02. The van der Waals surface area contributed by atoms with E-state index in [1.165, 1.54) is 0 Å². The number of nitrogens with zero attached hydrogens (tertiary/aromatic N) is 2. The SMILES string of the molecule is CN1C=CN(c2cc(Cl)cc(Cl)c2)C1. The van der Waals surface area contributed by atoms with Crippen molar-refractivity contribution in [3.63, 3.8) is 0 Å². The molecule has 0 radical (unpaired) electrons. The molecule has 4 heteroatoms. The van der Waals surface area contributed by atoms with Gasteiger partial charge in [0.05, 0.1) is 6.67 Å². The molecule has 0 bridgehead atoms. The molecular formula is C10H10Cl2N2. The molecule has 0 atom stereocenters. The van der Waals surface area contributed by atoms with Crippen molar-refractivity contribution in [2.75, 3.05) is 18.6 Å². The molecule has 0 aromatic heterocycles. The standard InChI is InChI=1S/C10H10Cl2N2/c1-13-2-3-14(7-13)10-5-8(11)4-9(12)6-10/h2-6H,7H2,1H3. The Morgan fingerprint density at radius 3 is 2.21 bits per heavy atom. The van der Waals surface area contributed by atoms with Gasteiger partial charge in [0.2, 0.25) is 0 Å². The zero-order valence-corrected chi connectivity index (χ0v) is 9.26. The summed E-state index contributed by atoms with van der Waals surface area (Å²) >= 11 is 11.8. The predicted octanol–water partition coefficient (Wildman–Crippen LogP) is 3.17. The fourth-order valence-corrected chi connectivity index (χ4v) is 1.92. The second kappa shape index (κ2) is 3.71. The molecule has 1 heterocycles. The number of anilines is 1. The highest BCUT2D eigenvalue weighted by molar-refractivity contribution is 6.35. The fraction of sp³-hybridized carbons (Fsp3) is 0.200. The highest BCUT2D eigenvalue weighted by atomic mass is 35.5. The molecule has 0 amide bonds. The Hall–Kier alpha value is -0.860. The summed E-state index contributed by atoms with van der Waals surface area (Å²) in [5.74, 6) is 0. The molecule has 1 aliphatic rings. The van der Waals surface area contributed by atoms with Crippen molar-refractivity contribution >= 4 is 28.9 Å². The average molecular weight is 229 g/mol. The largest absolute Gasteiger partial charge is 0.361 e. The lowest BCUT2D eigenvalue weighted by molar-refractivity contribution is 0.496. The molecular weight excluding hydrogens is 219 g/mol. The molecule has 0 fully saturated rings. The van der Waals surface area contributed by atoms with Crippen molar-refractivity contribution in [2.45, 2.75) is 0 Å². The smallest absolute Gasteiger partial charge is 0.0938 e. The maximum Gasteiger partial charge on any atom is 0.0938 e. The van der Waals surface area contributed by atoms with E-state index in [0.717, 1.165) is 12.4 Å². The summed E-state index contributed by atoms with van der Waals surface area (Å²) in [5.41, 5.74) is 1.02. The van der Waals surface area contributed by atoms with Crippen molar-refractivity contribution in [3.8, 4) is 0 Å². The summed E-state index contributed by atoms with van der Waals surface area (Å²) in [6.45, 7) is 0.830. The molecule has 74 valence electrons. The van der Waals surface area contributed by atoms with Gasteiger partial charge in [-0.05, 0) is 18.2 Å². The van der Waals surface area contributed by atoms with E-state index in [-0.39, 0.29) is 0 Å². The Balaban J connectivity index is 2.28. The number of rotatable bonds is 1. The third-order valence-corrected chi connectivity index (χ3v) is 2.49. The Morgan fingerprint density at radius 2 is 1.71 bits per heavy atom. The lowest BCUT2D eigenvalue weighted by atomic mass is 10.3. The first kappa shape index (κ1) is 9.69. The molecule has 2 rings (SSSR count). The second-order valence-corrected chi connectivity index (χ2v) is 4.17. The van der Waals surface area contributed by atoms with Crippen LogP contribution < -0.4 is 4.90 Å². The molecule has 14 heavy (non-hydrogen) atoms. The lowest BCUT2D eigenvalue weighted by Gasteiger charge is -2.18. The van der Waals surface area contributed by atoms with Crippen molar-refractivity contribution in [1.29, 1.82) is 0 Å². The Bertz CT molecular complexity index is 356. The maximum atomic E-state index is 5.92. The quantitative estimate of drug-likeness (QED) is 0.729. The molecule has 0 unspecified atom stereocenters. The van der Waals surface area contributed by atoms with Crippen LogP contribution in [0.2, 0.25) is 10.0 Å². The van der Waals surface area contributed by atoms with Crippen molar-refractivity contribution in [3.05, 3.63) is 40.6 Å². The van der Waals surface area contributed by atoms with Crippen LogP contribution in [0.1, 0.15) is 0 Å². The van der Waals surface area contributed by atoms with Crippen molar-refractivity contribution < 1.29 is 0 Å². The number of hydrogen-bond acceptors (Lipinski definition) is 2. The van der Waals surface area contributed by atoms with Gasteiger partial charge in [-0.3, -0.25) is 0 Å². The second-order valence-electron chi connectivity index (χ2n) is 3.29. The third kappa shape index (κ3) is 1.97. The van der Waals surface area contributed by atoms with Crippen LogP contribution in [0.3, 0.4) is 0 Å². The topological polar surface area (TPSA) is 6.48 Å². The zero-order chi connectivity index (χ0) is 10.1. The van der Waals surface area contributed by atoms with Crippen LogP contribution in [0.15, 0.2) is 30.6 Å². The Labute approximate surface area is 93.3 Å². The van der Waals surface area contributed by atoms with Crippen LogP contribution >= 0.6 is 23.2 Å². The first-order chi connectivity index (χ1) is 6.65. The highest BCUT2D eigenvalue weighted by Gasteiger charge is 2.11. The Kier molecular flexibility index (Phi) is 2.57. The summed E-state index contributed by atoms with van der Waals surface area (Å²) in [6, 6.07) is 5.53. The van der Waals surface area contributed by atoms with Gasteiger partial charge in [-0.15, -0.1) is 0 Å². The minimum absolute atomic E-state index is 0.662. The van der Waals surface area contributed by atoms with Gasteiger partial charge in [0.1, 0.15) is 0 Å². The van der Waals surface area contributed by atoms with Gasteiger partial charge in [-0.2, -0.15) is 0 Å². The molecule has 0 aliphatic carbocycles. The van der Waals surface area contributed by atoms with Crippen LogP contribution in [-0.2, 0) is 0 Å². The van der Waals surface area contributed by atoms with Gasteiger partial charge in [-0.1, -0.05) is 23.2 Å². The molecule has 1 aromatic rings. The van der Waals surface area contributed by atoms with E-state index >= 15 is 0 Å². The maximum absolute atomic E-state index is 5.92. The summed E-state index contributed by atoms with van der Waals surface area (Å²) in [4.78, 5) is 4.16. The van der Waals surface area contributed by atoms with Gasteiger partial charge >= 0.3 is 0 Å². The van der Waals surface area contributed by atoms with Crippen LogP contribution in [0.25, 0.3) is 0 Å². The van der Waals surface area contributed by atoms with E-state index < -0.39 is 0 Å². The van der Waals surface area contributed by atoms with E-state index in [4.69, 9.17) is 23.2 Å². The summed E-state index contributed by atoms with van der Waals surface area (Å²) in [7, 11) is 2.02. The van der Waals surface area contributed by atoms with Crippen molar-refractivity contribution in [1.82, 2.24) is 4.90 Å². The minimum atomic E-state index is 0.662. The number of hydrogen-bond donors (Lipinski definition) is 0. The number of benzene rings is 1. The van der Waals surface area contributed by atoms with Crippen molar-refractivity contribution in [2.24, 2.45) is 0 Å². The number of halogens is 2. The highest BCUT2D eigenvalue weighted by Crippen LogP contribution is 2.26. The molecule has 0 spiro atoms. The zero-order valence-electron chi connectivity index (χ0n) is 7.74. The predicted molar refractivity (Wildman–Crippen MR) is 60.7 cm³/mol. The van der Waals surface area contributed by atoms with Gasteiger partial charge in [-0.25, -0.2) is 0 Å². The van der Waals surface area contributed by atoms with Crippen LogP contribution in [-0.4, -0.2) is 18.6 Å². The molecule has 1 aromatic carbocycles. The monoisotopic (exact) mass is 228 g/mol. The van der Waals surface area contributed by atoms with Crippen LogP contribution in [0, 0.1) is 0 Å². The molecule has 0 N–H and O–H groups in total. The van der Waals surface area contributed by atoms with E-state index in [0.29, 0.717) is 10.0 Å². The first-order valence-electron chi connectivity index (χ1n) is 4.26. The normalized spacial score (nSPS) is 15.4. The summed E-state index contributed by atoms with van der Waals surface area (Å²) in [6.07, 6.45) is 4.01. The van der Waals surface area contributed by atoms with E-state index in [9.17, 15) is 0 Å². The van der Waals surface area contributed by atoms with E-state index in [1.807, 2.05) is 31.6 Å². The molecule has 1 aliphatic heterocycles. The van der Waals surface area contributed by atoms with Gasteiger partial charge in [0, 0.05) is 35.2 Å². The fourth-order valence-electron chi connectivity index (χ4n) is 1.40. The molecule has 0 saturated heterocycles.